The quantitative estimate of drug-likeness (QED) is 0.355. The van der Waals surface area contributed by atoms with Gasteiger partial charge in [0.2, 0.25) is 0 Å². The smallest absolute Gasteiger partial charge is 0.127 e. The van der Waals surface area contributed by atoms with Gasteiger partial charge < -0.3 is 9.47 Å². The average molecular weight is 322 g/mol. The van der Waals surface area contributed by atoms with Crippen LogP contribution in [-0.2, 0) is 0 Å². The molecular formula is C22H26O2. The van der Waals surface area contributed by atoms with Gasteiger partial charge in [0.25, 0.3) is 0 Å². The first-order valence-electron chi connectivity index (χ1n) is 9.04. The Kier molecular flexibility index (Phi) is 5.58. The van der Waals surface area contributed by atoms with Gasteiger partial charge in [-0.25, -0.2) is 0 Å². The third kappa shape index (κ3) is 3.64. The van der Waals surface area contributed by atoms with E-state index in [9.17, 15) is 0 Å². The van der Waals surface area contributed by atoms with Crippen LogP contribution in [0, 0.1) is 0 Å². The normalized spacial score (nSPS) is 11.1. The lowest BCUT2D eigenvalue weighted by atomic mass is 10.0. The second kappa shape index (κ2) is 8.05. The Morgan fingerprint density at radius 3 is 1.54 bits per heavy atom. The zero-order valence-electron chi connectivity index (χ0n) is 14.7. The van der Waals surface area contributed by atoms with Crippen molar-refractivity contribution in [1.82, 2.24) is 0 Å². The van der Waals surface area contributed by atoms with Gasteiger partial charge in [0.15, 0.2) is 0 Å². The van der Waals surface area contributed by atoms with Crippen LogP contribution in [0.5, 0.6) is 11.5 Å². The number of hydrogen-bond donors (Lipinski definition) is 0. The first-order chi connectivity index (χ1) is 11.8. The third-order valence-electron chi connectivity index (χ3n) is 4.31. The summed E-state index contributed by atoms with van der Waals surface area (Å²) in [5, 5.41) is 4.74. The van der Waals surface area contributed by atoms with Gasteiger partial charge in [-0.15, -0.1) is 0 Å². The lowest BCUT2D eigenvalue weighted by Crippen LogP contribution is -2.00. The topological polar surface area (TPSA) is 18.5 Å². The molecule has 0 aromatic heterocycles. The Hall–Kier alpha value is -2.22. The molecule has 0 N–H and O–H groups in total. The van der Waals surface area contributed by atoms with Gasteiger partial charge >= 0.3 is 0 Å². The Morgan fingerprint density at radius 1 is 0.667 bits per heavy atom. The molecular weight excluding hydrogens is 296 g/mol. The predicted octanol–water partition coefficient (Wildman–Crippen LogP) is 6.35. The van der Waals surface area contributed by atoms with E-state index < -0.39 is 0 Å². The molecule has 0 saturated carbocycles. The SMILES string of the molecule is CCCCOc1ccc(OCCCC)c2cc3ccccc3cc12. The first kappa shape index (κ1) is 16.6. The van der Waals surface area contributed by atoms with Crippen LogP contribution < -0.4 is 9.47 Å². The van der Waals surface area contributed by atoms with Crippen molar-refractivity contribution in [3.05, 3.63) is 48.5 Å². The molecule has 0 radical (unpaired) electrons. The van der Waals surface area contributed by atoms with Crippen LogP contribution in [0.1, 0.15) is 39.5 Å². The minimum Gasteiger partial charge on any atom is -0.493 e. The van der Waals surface area contributed by atoms with Crippen molar-refractivity contribution in [3.8, 4) is 11.5 Å². The van der Waals surface area contributed by atoms with Crippen molar-refractivity contribution in [3.63, 3.8) is 0 Å². The fourth-order valence-corrected chi connectivity index (χ4v) is 2.88. The van der Waals surface area contributed by atoms with Crippen LogP contribution in [-0.4, -0.2) is 13.2 Å². The van der Waals surface area contributed by atoms with Crippen molar-refractivity contribution < 1.29 is 9.47 Å². The third-order valence-corrected chi connectivity index (χ3v) is 4.31. The molecule has 0 spiro atoms. The van der Waals surface area contributed by atoms with Gasteiger partial charge in [-0.3, -0.25) is 0 Å². The zero-order chi connectivity index (χ0) is 16.8. The summed E-state index contributed by atoms with van der Waals surface area (Å²) in [5.41, 5.74) is 0. The van der Waals surface area contributed by atoms with Gasteiger partial charge in [-0.1, -0.05) is 51.0 Å². The summed E-state index contributed by atoms with van der Waals surface area (Å²) in [6, 6.07) is 17.0. The summed E-state index contributed by atoms with van der Waals surface area (Å²) < 4.78 is 12.1. The predicted molar refractivity (Wildman–Crippen MR) is 102 cm³/mol. The van der Waals surface area contributed by atoms with E-state index in [0.29, 0.717) is 0 Å². The molecule has 2 heteroatoms. The molecule has 24 heavy (non-hydrogen) atoms. The lowest BCUT2D eigenvalue weighted by molar-refractivity contribution is 0.306. The van der Waals surface area contributed by atoms with E-state index in [1.165, 1.54) is 10.8 Å². The van der Waals surface area contributed by atoms with Crippen LogP contribution in [0.15, 0.2) is 48.5 Å². The zero-order valence-corrected chi connectivity index (χ0v) is 14.7. The van der Waals surface area contributed by atoms with E-state index in [0.717, 1.165) is 61.2 Å². The van der Waals surface area contributed by atoms with Crippen molar-refractivity contribution in [2.45, 2.75) is 39.5 Å². The number of rotatable bonds is 8. The second-order valence-electron chi connectivity index (χ2n) is 6.21. The summed E-state index contributed by atoms with van der Waals surface area (Å²) in [5.74, 6) is 1.90. The van der Waals surface area contributed by atoms with Crippen molar-refractivity contribution >= 4 is 21.5 Å². The van der Waals surface area contributed by atoms with Crippen LogP contribution in [0.25, 0.3) is 21.5 Å². The van der Waals surface area contributed by atoms with Crippen LogP contribution in [0.3, 0.4) is 0 Å². The molecule has 126 valence electrons. The van der Waals surface area contributed by atoms with E-state index in [4.69, 9.17) is 9.47 Å². The van der Waals surface area contributed by atoms with Gasteiger partial charge in [0, 0.05) is 10.8 Å². The summed E-state index contributed by atoms with van der Waals surface area (Å²) >= 11 is 0. The Morgan fingerprint density at radius 2 is 1.12 bits per heavy atom. The second-order valence-corrected chi connectivity index (χ2v) is 6.21. The van der Waals surface area contributed by atoms with E-state index in [2.05, 4.69) is 50.2 Å². The van der Waals surface area contributed by atoms with E-state index in [-0.39, 0.29) is 0 Å². The van der Waals surface area contributed by atoms with E-state index in [1.807, 2.05) is 12.1 Å². The minimum absolute atomic E-state index is 0.758. The summed E-state index contributed by atoms with van der Waals surface area (Å²) in [4.78, 5) is 0. The largest absolute Gasteiger partial charge is 0.493 e. The van der Waals surface area contributed by atoms with Crippen LogP contribution in [0.2, 0.25) is 0 Å². The minimum atomic E-state index is 0.758. The number of ether oxygens (including phenoxy) is 2. The fraction of sp³-hybridized carbons (Fsp3) is 0.364. The van der Waals surface area contributed by atoms with E-state index >= 15 is 0 Å². The molecule has 0 aliphatic heterocycles. The molecule has 0 aliphatic carbocycles. The maximum Gasteiger partial charge on any atom is 0.127 e. The first-order valence-corrected chi connectivity index (χ1v) is 9.04. The molecule has 0 amide bonds. The van der Waals surface area contributed by atoms with Crippen molar-refractivity contribution in [2.75, 3.05) is 13.2 Å². The molecule has 3 aromatic carbocycles. The molecule has 2 nitrogen and oxygen atoms in total. The number of benzene rings is 3. The molecule has 0 fully saturated rings. The standard InChI is InChI=1S/C22H26O2/c1-3-5-13-23-21-11-12-22(24-14-6-4-2)20-16-18-10-8-7-9-17(18)15-19(20)21/h7-12,15-16H,3-6,13-14H2,1-2H3. The Balaban J connectivity index is 2.05. The molecule has 3 aromatic rings. The maximum atomic E-state index is 6.03. The van der Waals surface area contributed by atoms with Crippen molar-refractivity contribution in [1.29, 1.82) is 0 Å². The highest BCUT2D eigenvalue weighted by Crippen LogP contribution is 2.36. The monoisotopic (exact) mass is 322 g/mol. The van der Waals surface area contributed by atoms with E-state index in [1.54, 1.807) is 0 Å². The summed E-state index contributed by atoms with van der Waals surface area (Å²) in [7, 11) is 0. The van der Waals surface area contributed by atoms with Gasteiger partial charge in [0.05, 0.1) is 13.2 Å². The molecule has 3 rings (SSSR count). The highest BCUT2D eigenvalue weighted by Gasteiger charge is 2.10. The number of fused-ring (bicyclic) bond motifs is 2. The highest BCUT2D eigenvalue weighted by atomic mass is 16.5. The van der Waals surface area contributed by atoms with Crippen molar-refractivity contribution in [2.24, 2.45) is 0 Å². The molecule has 0 heterocycles. The molecule has 0 atom stereocenters. The molecule has 0 saturated heterocycles. The molecule has 0 aliphatic rings. The Labute approximate surface area is 144 Å². The van der Waals surface area contributed by atoms with Gasteiger partial charge in [0.1, 0.15) is 11.5 Å². The van der Waals surface area contributed by atoms with Crippen LogP contribution in [0.4, 0.5) is 0 Å². The van der Waals surface area contributed by atoms with Gasteiger partial charge in [-0.05, 0) is 47.9 Å². The summed E-state index contributed by atoms with van der Waals surface area (Å²) in [6.45, 7) is 5.88. The fourth-order valence-electron chi connectivity index (χ4n) is 2.88. The van der Waals surface area contributed by atoms with Crippen LogP contribution >= 0.6 is 0 Å². The number of unbranched alkanes of at least 4 members (excludes halogenated alkanes) is 2. The van der Waals surface area contributed by atoms with Gasteiger partial charge in [-0.2, -0.15) is 0 Å². The maximum absolute atomic E-state index is 6.03. The molecule has 0 bridgehead atoms. The lowest BCUT2D eigenvalue weighted by Gasteiger charge is -2.14. The summed E-state index contributed by atoms with van der Waals surface area (Å²) in [6.07, 6.45) is 4.42. The number of hydrogen-bond acceptors (Lipinski definition) is 2. The highest BCUT2D eigenvalue weighted by molar-refractivity contribution is 6.03. The Bertz CT molecular complexity index is 740. The average Bonchev–Trinajstić information content (AvgIpc) is 2.62. The molecule has 0 unspecified atom stereocenters.